The summed E-state index contributed by atoms with van der Waals surface area (Å²) in [6.45, 7) is 1.89. The van der Waals surface area contributed by atoms with E-state index in [2.05, 4.69) is 20.4 Å². The normalized spacial score (nSPS) is 13.4. The maximum Gasteiger partial charge on any atom is 0.254 e. The summed E-state index contributed by atoms with van der Waals surface area (Å²) in [6.07, 6.45) is 3.16. The molecule has 1 N–H and O–H groups in total. The molecule has 112 valence electrons. The second kappa shape index (κ2) is 4.98. The molecule has 0 fully saturated rings. The van der Waals surface area contributed by atoms with Gasteiger partial charge < -0.3 is 10.1 Å². The first-order valence-corrected chi connectivity index (χ1v) is 7.41. The van der Waals surface area contributed by atoms with Gasteiger partial charge in [0.2, 0.25) is 0 Å². The zero-order valence-corrected chi connectivity index (χ0v) is 12.6. The van der Waals surface area contributed by atoms with Crippen LogP contribution in [0.1, 0.15) is 23.5 Å². The lowest BCUT2D eigenvalue weighted by atomic mass is 10.2. The van der Waals surface area contributed by atoms with Gasteiger partial charge in [0.1, 0.15) is 17.4 Å². The third-order valence-electron chi connectivity index (χ3n) is 3.97. The predicted molar refractivity (Wildman–Crippen MR) is 83.8 cm³/mol. The molecule has 0 radical (unpaired) electrons. The molecule has 0 saturated carbocycles. The summed E-state index contributed by atoms with van der Waals surface area (Å²) in [7, 11) is 1.67. The maximum atomic E-state index is 5.20. The van der Waals surface area contributed by atoms with Crippen molar-refractivity contribution in [2.45, 2.75) is 26.2 Å². The molecule has 6 nitrogen and oxygen atoms in total. The molecule has 0 unspecified atom stereocenters. The fraction of sp³-hybridized carbons (Fsp3) is 0.312. The summed E-state index contributed by atoms with van der Waals surface area (Å²) < 4.78 is 7.01. The monoisotopic (exact) mass is 295 g/mol. The number of hydrogen-bond acceptors (Lipinski definition) is 5. The van der Waals surface area contributed by atoms with Crippen molar-refractivity contribution in [2.24, 2.45) is 0 Å². The van der Waals surface area contributed by atoms with E-state index in [-0.39, 0.29) is 0 Å². The summed E-state index contributed by atoms with van der Waals surface area (Å²) in [5.41, 5.74) is 3.37. The molecule has 0 atom stereocenters. The quantitative estimate of drug-likeness (QED) is 0.805. The van der Waals surface area contributed by atoms with Gasteiger partial charge in [-0.15, -0.1) is 5.10 Å². The van der Waals surface area contributed by atoms with Crippen LogP contribution in [0.4, 0.5) is 11.5 Å². The van der Waals surface area contributed by atoms with Gasteiger partial charge in [0.05, 0.1) is 12.8 Å². The fourth-order valence-corrected chi connectivity index (χ4v) is 2.92. The minimum atomic E-state index is 0.661. The van der Waals surface area contributed by atoms with E-state index < -0.39 is 0 Å². The maximum absolute atomic E-state index is 5.20. The minimum Gasteiger partial charge on any atom is -0.497 e. The highest BCUT2D eigenvalue weighted by atomic mass is 16.5. The lowest BCUT2D eigenvalue weighted by Crippen LogP contribution is -2.07. The number of hydrogen-bond donors (Lipinski definition) is 1. The van der Waals surface area contributed by atoms with Crippen LogP contribution < -0.4 is 10.1 Å². The number of nitrogens with one attached hydrogen (secondary N) is 1. The summed E-state index contributed by atoms with van der Waals surface area (Å²) in [4.78, 5) is 9.04. The van der Waals surface area contributed by atoms with E-state index in [4.69, 9.17) is 4.74 Å². The predicted octanol–water partition coefficient (Wildman–Crippen LogP) is 2.67. The molecule has 4 rings (SSSR count). The Morgan fingerprint density at radius 2 is 1.95 bits per heavy atom. The topological polar surface area (TPSA) is 64.3 Å². The number of aromatic nitrogens is 4. The Kier molecular flexibility index (Phi) is 2.96. The van der Waals surface area contributed by atoms with Crippen molar-refractivity contribution in [3.05, 3.63) is 41.3 Å². The highest BCUT2D eigenvalue weighted by molar-refractivity contribution is 5.64. The van der Waals surface area contributed by atoms with Gasteiger partial charge in [-0.1, -0.05) is 0 Å². The molecule has 0 bridgehead atoms. The number of nitrogens with zero attached hydrogens (tertiary/aromatic N) is 4. The van der Waals surface area contributed by atoms with E-state index in [1.807, 2.05) is 35.7 Å². The van der Waals surface area contributed by atoms with E-state index in [1.165, 1.54) is 5.56 Å². The summed E-state index contributed by atoms with van der Waals surface area (Å²) >= 11 is 0. The van der Waals surface area contributed by atoms with Crippen molar-refractivity contribution in [3.8, 4) is 5.75 Å². The number of aryl methyl sites for hydroxylation is 2. The zero-order chi connectivity index (χ0) is 15.1. The van der Waals surface area contributed by atoms with Crippen molar-refractivity contribution >= 4 is 17.3 Å². The molecule has 0 saturated heterocycles. The molecule has 22 heavy (non-hydrogen) atoms. The Morgan fingerprint density at radius 1 is 1.14 bits per heavy atom. The Bertz CT molecular complexity index is 838. The molecular formula is C16H17N5O. The fourth-order valence-electron chi connectivity index (χ4n) is 2.92. The number of methoxy groups -OCH3 is 1. The van der Waals surface area contributed by atoms with Crippen molar-refractivity contribution in [3.63, 3.8) is 0 Å². The first-order chi connectivity index (χ1) is 10.7. The van der Waals surface area contributed by atoms with Crippen LogP contribution in [-0.2, 0) is 12.8 Å². The second-order valence-electron chi connectivity index (χ2n) is 5.46. The van der Waals surface area contributed by atoms with Crippen LogP contribution in [-0.4, -0.2) is 26.7 Å². The molecule has 1 aliphatic carbocycles. The smallest absolute Gasteiger partial charge is 0.254 e. The van der Waals surface area contributed by atoms with Gasteiger partial charge in [0.25, 0.3) is 5.78 Å². The van der Waals surface area contributed by atoms with Crippen molar-refractivity contribution in [1.82, 2.24) is 19.6 Å². The summed E-state index contributed by atoms with van der Waals surface area (Å²) in [6, 6.07) is 7.87. The van der Waals surface area contributed by atoms with E-state index in [9.17, 15) is 0 Å². The zero-order valence-electron chi connectivity index (χ0n) is 12.6. The molecule has 3 aromatic rings. The van der Waals surface area contributed by atoms with E-state index in [0.717, 1.165) is 48.0 Å². The summed E-state index contributed by atoms with van der Waals surface area (Å²) in [5.74, 6) is 3.21. The van der Waals surface area contributed by atoms with Crippen LogP contribution in [0.2, 0.25) is 0 Å². The molecule has 2 heterocycles. The molecule has 6 heteroatoms. The number of ether oxygens (including phenoxy) is 1. The van der Waals surface area contributed by atoms with Crippen LogP contribution >= 0.6 is 0 Å². The number of rotatable bonds is 3. The van der Waals surface area contributed by atoms with E-state index in [0.29, 0.717) is 5.78 Å². The van der Waals surface area contributed by atoms with Crippen molar-refractivity contribution in [1.29, 1.82) is 0 Å². The largest absolute Gasteiger partial charge is 0.497 e. The van der Waals surface area contributed by atoms with Crippen molar-refractivity contribution < 1.29 is 4.74 Å². The number of anilines is 2. The Balaban J connectivity index is 1.82. The van der Waals surface area contributed by atoms with Gasteiger partial charge in [-0.05, 0) is 50.5 Å². The van der Waals surface area contributed by atoms with Crippen LogP contribution in [0, 0.1) is 6.92 Å². The van der Waals surface area contributed by atoms with Crippen molar-refractivity contribution in [2.75, 3.05) is 12.4 Å². The van der Waals surface area contributed by atoms with Gasteiger partial charge in [0.15, 0.2) is 0 Å². The molecule has 2 aromatic heterocycles. The molecule has 1 aromatic carbocycles. The number of fused-ring (bicyclic) bond motifs is 2. The average Bonchev–Trinajstić information content (AvgIpc) is 3.13. The third kappa shape index (κ3) is 2.07. The Labute approximate surface area is 128 Å². The third-order valence-corrected chi connectivity index (χ3v) is 3.97. The van der Waals surface area contributed by atoms with Gasteiger partial charge in [-0.25, -0.2) is 4.98 Å². The lowest BCUT2D eigenvalue weighted by Gasteiger charge is -2.12. The molecule has 0 aliphatic heterocycles. The second-order valence-corrected chi connectivity index (χ2v) is 5.46. The molecule has 0 amide bonds. The van der Waals surface area contributed by atoms with Gasteiger partial charge in [-0.3, -0.25) is 0 Å². The molecule has 1 aliphatic rings. The van der Waals surface area contributed by atoms with Gasteiger partial charge in [0, 0.05) is 11.3 Å². The minimum absolute atomic E-state index is 0.661. The van der Waals surface area contributed by atoms with Crippen LogP contribution in [0.25, 0.3) is 5.78 Å². The van der Waals surface area contributed by atoms with Gasteiger partial charge in [-0.2, -0.15) is 9.50 Å². The van der Waals surface area contributed by atoms with E-state index >= 15 is 0 Å². The molecule has 0 spiro atoms. The van der Waals surface area contributed by atoms with E-state index in [1.54, 1.807) is 7.11 Å². The summed E-state index contributed by atoms with van der Waals surface area (Å²) in [5, 5.41) is 7.95. The molecular weight excluding hydrogens is 278 g/mol. The van der Waals surface area contributed by atoms with Crippen LogP contribution in [0.15, 0.2) is 24.3 Å². The SMILES string of the molecule is COc1ccc(Nc2c3c(nc4nc(C)nn24)CCC3)cc1. The average molecular weight is 295 g/mol. The first-order valence-electron chi connectivity index (χ1n) is 7.41. The highest BCUT2D eigenvalue weighted by Gasteiger charge is 2.21. The van der Waals surface area contributed by atoms with Crippen LogP contribution in [0.5, 0.6) is 5.75 Å². The standard InChI is InChI=1S/C16H17N5O/c1-10-17-16-19-14-5-3-4-13(14)15(21(16)20-10)18-11-6-8-12(22-2)9-7-11/h6-9,18H,3-5H2,1-2H3. The van der Waals surface area contributed by atoms with Gasteiger partial charge >= 0.3 is 0 Å². The first kappa shape index (κ1) is 13.1. The highest BCUT2D eigenvalue weighted by Crippen LogP contribution is 2.30. The number of benzene rings is 1. The Hall–Kier alpha value is -2.63. The Morgan fingerprint density at radius 3 is 2.73 bits per heavy atom. The van der Waals surface area contributed by atoms with Crippen LogP contribution in [0.3, 0.4) is 0 Å². The lowest BCUT2D eigenvalue weighted by molar-refractivity contribution is 0.415.